The van der Waals surface area contributed by atoms with E-state index in [1.54, 1.807) is 24.3 Å². The molecule has 0 bridgehead atoms. The third kappa shape index (κ3) is 6.10. The van der Waals surface area contributed by atoms with E-state index in [9.17, 15) is 22.8 Å². The summed E-state index contributed by atoms with van der Waals surface area (Å²) in [4.78, 5) is 35.8. The number of amides is 1. The molecule has 1 N–H and O–H groups in total. The van der Waals surface area contributed by atoms with E-state index in [1.165, 1.54) is 6.92 Å². The van der Waals surface area contributed by atoms with Crippen molar-refractivity contribution in [2.45, 2.75) is 38.3 Å². The minimum absolute atomic E-state index is 0.0406. The molecule has 2 rings (SSSR count). The summed E-state index contributed by atoms with van der Waals surface area (Å²) >= 11 is 5.75. The fraction of sp³-hybridized carbons (Fsp3) is 0.471. The zero-order valence-corrected chi connectivity index (χ0v) is 15.8. The normalized spacial score (nSPS) is 19.5. The molecule has 7 nitrogen and oxygen atoms in total. The predicted molar refractivity (Wildman–Crippen MR) is 95.8 cm³/mol. The number of carbonyl (C=O) groups excluding carboxylic acids is 3. The van der Waals surface area contributed by atoms with Crippen LogP contribution >= 0.6 is 11.6 Å². The summed E-state index contributed by atoms with van der Waals surface area (Å²) in [6.45, 7) is 1.40. The first-order valence-electron chi connectivity index (χ1n) is 8.15. The molecule has 1 aromatic carbocycles. The number of ketones is 1. The molecule has 1 aliphatic rings. The Hall–Kier alpha value is -1.93. The van der Waals surface area contributed by atoms with E-state index in [0.717, 1.165) is 0 Å². The van der Waals surface area contributed by atoms with Crippen molar-refractivity contribution >= 4 is 39.1 Å². The second-order valence-electron chi connectivity index (χ2n) is 6.17. The Kier molecular flexibility index (Phi) is 6.77. The van der Waals surface area contributed by atoms with Crippen molar-refractivity contribution in [3.8, 4) is 0 Å². The number of nitrogens with one attached hydrogen (secondary N) is 1. The van der Waals surface area contributed by atoms with Crippen molar-refractivity contribution in [2.75, 3.05) is 11.5 Å². The minimum atomic E-state index is -3.11. The Bertz CT molecular complexity index is 790. The monoisotopic (exact) mass is 401 g/mol. The van der Waals surface area contributed by atoms with Crippen LogP contribution in [-0.2, 0) is 24.2 Å². The first-order valence-corrected chi connectivity index (χ1v) is 10.4. The van der Waals surface area contributed by atoms with Gasteiger partial charge in [0.2, 0.25) is 0 Å². The highest BCUT2D eigenvalue weighted by atomic mass is 35.5. The van der Waals surface area contributed by atoms with Crippen LogP contribution < -0.4 is 5.32 Å². The van der Waals surface area contributed by atoms with Crippen molar-refractivity contribution in [2.24, 2.45) is 0 Å². The number of sulfone groups is 1. The molecule has 1 aromatic rings. The van der Waals surface area contributed by atoms with E-state index >= 15 is 0 Å². The van der Waals surface area contributed by atoms with Gasteiger partial charge in [0.05, 0.1) is 17.9 Å². The van der Waals surface area contributed by atoms with Crippen molar-refractivity contribution in [1.82, 2.24) is 5.32 Å². The fourth-order valence-corrected chi connectivity index (χ4v) is 4.33. The van der Waals surface area contributed by atoms with E-state index in [2.05, 4.69) is 5.32 Å². The number of carbonyl (C=O) groups is 3. The van der Waals surface area contributed by atoms with Gasteiger partial charge >= 0.3 is 5.97 Å². The van der Waals surface area contributed by atoms with Gasteiger partial charge in [-0.2, -0.15) is 0 Å². The largest absolute Gasteiger partial charge is 0.453 e. The summed E-state index contributed by atoms with van der Waals surface area (Å²) in [5.41, 5.74) is 0.440. The number of esters is 1. The lowest BCUT2D eigenvalue weighted by molar-refractivity contribution is -0.154. The maximum atomic E-state index is 12.0. The van der Waals surface area contributed by atoms with Crippen LogP contribution in [0.1, 0.15) is 36.5 Å². The molecule has 26 heavy (non-hydrogen) atoms. The molecule has 0 aromatic heterocycles. The van der Waals surface area contributed by atoms with Crippen LogP contribution in [0.2, 0.25) is 5.02 Å². The molecular weight excluding hydrogens is 382 g/mol. The van der Waals surface area contributed by atoms with Gasteiger partial charge in [0.15, 0.2) is 21.7 Å². The van der Waals surface area contributed by atoms with Gasteiger partial charge in [-0.3, -0.25) is 14.4 Å². The number of hydrogen-bond acceptors (Lipinski definition) is 6. The summed E-state index contributed by atoms with van der Waals surface area (Å²) in [5.74, 6) is -1.51. The third-order valence-corrected chi connectivity index (χ3v) is 6.00. The molecule has 0 unspecified atom stereocenters. The van der Waals surface area contributed by atoms with Gasteiger partial charge in [0, 0.05) is 23.0 Å². The van der Waals surface area contributed by atoms with Gasteiger partial charge in [-0.25, -0.2) is 8.42 Å². The van der Waals surface area contributed by atoms with Gasteiger partial charge < -0.3 is 10.1 Å². The van der Waals surface area contributed by atoms with Crippen molar-refractivity contribution in [3.63, 3.8) is 0 Å². The van der Waals surface area contributed by atoms with Gasteiger partial charge in [-0.1, -0.05) is 11.6 Å². The topological polar surface area (TPSA) is 107 Å². The van der Waals surface area contributed by atoms with Crippen molar-refractivity contribution in [1.29, 1.82) is 0 Å². The Morgan fingerprint density at radius 2 is 1.88 bits per heavy atom. The standard InChI is InChI=1S/C17H20ClNO6S/c1-11(17(22)19-14-8-9-26(23,24)10-14)25-16(21)7-6-15(20)12-2-4-13(18)5-3-12/h2-5,11,14H,6-10H2,1H3,(H,19,22)/t11-,14-/m1/s1. The van der Waals surface area contributed by atoms with Crippen molar-refractivity contribution in [3.05, 3.63) is 34.9 Å². The lowest BCUT2D eigenvalue weighted by atomic mass is 10.1. The van der Waals surface area contributed by atoms with Crippen LogP contribution in [0, 0.1) is 0 Å². The second-order valence-corrected chi connectivity index (χ2v) is 8.84. The summed E-state index contributed by atoms with van der Waals surface area (Å²) < 4.78 is 27.8. The molecule has 1 fully saturated rings. The maximum absolute atomic E-state index is 12.0. The van der Waals surface area contributed by atoms with Gasteiger partial charge in [0.1, 0.15) is 0 Å². The molecule has 0 spiro atoms. The number of benzene rings is 1. The summed E-state index contributed by atoms with van der Waals surface area (Å²) in [5, 5.41) is 3.07. The Labute approximate surface area is 157 Å². The highest BCUT2D eigenvalue weighted by Gasteiger charge is 2.30. The molecule has 9 heteroatoms. The van der Waals surface area contributed by atoms with E-state index in [1.807, 2.05) is 0 Å². The molecule has 1 saturated heterocycles. The van der Waals surface area contributed by atoms with Crippen LogP contribution in [-0.4, -0.2) is 49.7 Å². The van der Waals surface area contributed by atoms with Crippen LogP contribution in [0.3, 0.4) is 0 Å². The Balaban J connectivity index is 1.75. The van der Waals surface area contributed by atoms with Crippen LogP contribution in [0.4, 0.5) is 0 Å². The Morgan fingerprint density at radius 3 is 2.46 bits per heavy atom. The van der Waals surface area contributed by atoms with E-state index in [4.69, 9.17) is 16.3 Å². The fourth-order valence-electron chi connectivity index (χ4n) is 2.53. The minimum Gasteiger partial charge on any atom is -0.453 e. The molecule has 1 aliphatic heterocycles. The Morgan fingerprint density at radius 1 is 1.23 bits per heavy atom. The predicted octanol–water partition coefficient (Wildman–Crippen LogP) is 1.54. The highest BCUT2D eigenvalue weighted by molar-refractivity contribution is 7.91. The first kappa shape index (κ1) is 20.4. The zero-order chi connectivity index (χ0) is 19.3. The van der Waals surface area contributed by atoms with E-state index < -0.39 is 33.9 Å². The molecule has 142 valence electrons. The maximum Gasteiger partial charge on any atom is 0.307 e. The van der Waals surface area contributed by atoms with E-state index in [-0.39, 0.29) is 30.1 Å². The SMILES string of the molecule is C[C@@H](OC(=O)CCC(=O)c1ccc(Cl)cc1)C(=O)N[C@@H]1CCS(=O)(=O)C1. The summed E-state index contributed by atoms with van der Waals surface area (Å²) in [7, 11) is -3.11. The number of hydrogen-bond donors (Lipinski definition) is 1. The third-order valence-electron chi connectivity index (χ3n) is 3.98. The van der Waals surface area contributed by atoms with Crippen LogP contribution in [0.5, 0.6) is 0 Å². The number of Topliss-reactive ketones (excluding diaryl/α,β-unsaturated/α-hetero) is 1. The summed E-state index contributed by atoms with van der Waals surface area (Å²) in [6, 6.07) is 5.86. The van der Waals surface area contributed by atoms with Crippen molar-refractivity contribution < 1.29 is 27.5 Å². The first-order chi connectivity index (χ1) is 12.2. The van der Waals surface area contributed by atoms with Gasteiger partial charge in [-0.15, -0.1) is 0 Å². The van der Waals surface area contributed by atoms with Gasteiger partial charge in [0.25, 0.3) is 5.91 Å². The molecule has 2 atom stereocenters. The number of rotatable bonds is 7. The molecule has 0 saturated carbocycles. The molecular formula is C17H20ClNO6S. The summed E-state index contributed by atoms with van der Waals surface area (Å²) in [6.07, 6.45) is -0.909. The zero-order valence-electron chi connectivity index (χ0n) is 14.2. The lowest BCUT2D eigenvalue weighted by Gasteiger charge is -2.16. The van der Waals surface area contributed by atoms with Gasteiger partial charge in [-0.05, 0) is 37.6 Å². The number of ether oxygens (including phenoxy) is 1. The molecule has 0 radical (unpaired) electrons. The quantitative estimate of drug-likeness (QED) is 0.548. The average molecular weight is 402 g/mol. The van der Waals surface area contributed by atoms with Crippen LogP contribution in [0.15, 0.2) is 24.3 Å². The number of halogens is 1. The lowest BCUT2D eigenvalue weighted by Crippen LogP contribution is -2.42. The highest BCUT2D eigenvalue weighted by Crippen LogP contribution is 2.13. The molecule has 1 heterocycles. The molecule has 1 amide bonds. The van der Waals surface area contributed by atoms with E-state index in [0.29, 0.717) is 17.0 Å². The smallest absolute Gasteiger partial charge is 0.307 e. The van der Waals surface area contributed by atoms with Crippen LogP contribution in [0.25, 0.3) is 0 Å². The average Bonchev–Trinajstić information content (AvgIpc) is 2.91. The molecule has 0 aliphatic carbocycles. The second kappa shape index (κ2) is 8.64.